The molecule has 4 nitrogen and oxygen atoms in total. The summed E-state index contributed by atoms with van der Waals surface area (Å²) in [6.07, 6.45) is 0. The van der Waals surface area contributed by atoms with Crippen molar-refractivity contribution in [3.05, 3.63) is 30.8 Å². The quantitative estimate of drug-likeness (QED) is 0.584. The van der Waals surface area contributed by atoms with Gasteiger partial charge in [0, 0.05) is 0 Å². The van der Waals surface area contributed by atoms with E-state index in [9.17, 15) is 9.59 Å². The van der Waals surface area contributed by atoms with Crippen molar-refractivity contribution in [1.29, 1.82) is 0 Å². The van der Waals surface area contributed by atoms with Crippen molar-refractivity contribution in [3.63, 3.8) is 0 Å². The first-order valence-electron chi connectivity index (χ1n) is 2.93. The molecule has 2 rings (SSSR count). The lowest BCUT2D eigenvalue weighted by Crippen LogP contribution is -2.19. The first kappa shape index (κ1) is 7.64. The van der Waals surface area contributed by atoms with Gasteiger partial charge < -0.3 is 0 Å². The molecule has 60 valence electrons. The van der Waals surface area contributed by atoms with Crippen LogP contribution in [0.5, 0.6) is 0 Å². The average Bonchev–Trinajstić information content (AvgIpc) is 2.43. The zero-order valence-electron chi connectivity index (χ0n) is 5.47. The van der Waals surface area contributed by atoms with Crippen LogP contribution in [0.2, 0.25) is 10.2 Å². The number of fused-ring (bicyclic) bond motifs is 1. The van der Waals surface area contributed by atoms with Crippen molar-refractivity contribution in [1.82, 2.24) is 9.97 Å². The van der Waals surface area contributed by atoms with E-state index in [2.05, 4.69) is 9.97 Å². The Morgan fingerprint density at radius 3 is 2.25 bits per heavy atom. The predicted molar refractivity (Wildman–Crippen MR) is 43.6 cm³/mol. The summed E-state index contributed by atoms with van der Waals surface area (Å²) in [5, 5.41) is 0.0668. The summed E-state index contributed by atoms with van der Waals surface area (Å²) in [5.74, 6) is 0. The number of nitrogens with zero attached hydrogens (tertiary/aromatic N) is 2. The van der Waals surface area contributed by atoms with Crippen molar-refractivity contribution >= 4 is 23.2 Å². The Kier molecular flexibility index (Phi) is 1.43. The van der Waals surface area contributed by atoms with Crippen LogP contribution in [0.15, 0.2) is 9.59 Å². The fraction of sp³-hybridized carbons (Fsp3) is 0. The Balaban J connectivity index is 3.00. The van der Waals surface area contributed by atoms with Crippen LogP contribution in [-0.2, 0) is 0 Å². The third-order valence-corrected chi connectivity index (χ3v) is 2.17. The van der Waals surface area contributed by atoms with Gasteiger partial charge in [0.1, 0.15) is 16.4 Å². The largest absolute Gasteiger partial charge is 0.320 e. The molecular formula is C6Cl2N2O2. The molecule has 0 saturated carbocycles. The van der Waals surface area contributed by atoms with Crippen LogP contribution in [0.1, 0.15) is 0 Å². The second-order valence-corrected chi connectivity index (χ2v) is 2.90. The Morgan fingerprint density at radius 1 is 1.00 bits per heavy atom. The van der Waals surface area contributed by atoms with E-state index in [1.165, 1.54) is 0 Å². The highest BCUT2D eigenvalue weighted by Crippen LogP contribution is 2.31. The summed E-state index contributed by atoms with van der Waals surface area (Å²) in [7, 11) is 0. The van der Waals surface area contributed by atoms with Crippen LogP contribution in [0, 0.1) is 0 Å². The lowest BCUT2D eigenvalue weighted by Gasteiger charge is -1.79. The Bertz CT molecular complexity index is 501. The molecule has 0 saturated heterocycles. The molecule has 0 aromatic heterocycles. The van der Waals surface area contributed by atoms with Gasteiger partial charge >= 0.3 is 5.56 Å². The summed E-state index contributed by atoms with van der Waals surface area (Å²) in [6.45, 7) is 0. The normalized spacial score (nSPS) is 11.2. The van der Waals surface area contributed by atoms with Gasteiger partial charge in [0.25, 0.3) is 5.43 Å². The van der Waals surface area contributed by atoms with Crippen LogP contribution >= 0.6 is 23.2 Å². The molecule has 0 aromatic rings. The summed E-state index contributed by atoms with van der Waals surface area (Å²) in [4.78, 5) is 28.6. The molecule has 2 aliphatic rings. The first-order valence-corrected chi connectivity index (χ1v) is 3.69. The summed E-state index contributed by atoms with van der Waals surface area (Å²) in [5.41, 5.74) is -1.54. The molecule has 2 aliphatic heterocycles. The molecule has 0 spiro atoms. The second-order valence-electron chi connectivity index (χ2n) is 2.16. The number of aromatic nitrogens is 2. The third-order valence-electron chi connectivity index (χ3n) is 1.45. The fourth-order valence-corrected chi connectivity index (χ4v) is 1.26. The maximum atomic E-state index is 10.9. The molecule has 0 aliphatic carbocycles. The van der Waals surface area contributed by atoms with Crippen molar-refractivity contribution in [2.45, 2.75) is 0 Å². The van der Waals surface area contributed by atoms with Crippen LogP contribution in [0.25, 0.3) is 11.4 Å². The Labute approximate surface area is 75.8 Å². The van der Waals surface area contributed by atoms with E-state index in [4.69, 9.17) is 23.2 Å². The van der Waals surface area contributed by atoms with E-state index in [1.807, 2.05) is 0 Å². The van der Waals surface area contributed by atoms with Crippen molar-refractivity contribution in [2.24, 2.45) is 0 Å². The van der Waals surface area contributed by atoms with Gasteiger partial charge in [-0.25, -0.2) is 9.97 Å². The van der Waals surface area contributed by atoms with Crippen molar-refractivity contribution in [3.8, 4) is 11.4 Å². The minimum atomic E-state index is -0.842. The van der Waals surface area contributed by atoms with Gasteiger partial charge in [-0.1, -0.05) is 23.2 Å². The molecule has 0 amide bonds. The van der Waals surface area contributed by atoms with Crippen molar-refractivity contribution < 1.29 is 0 Å². The zero-order chi connectivity index (χ0) is 8.88. The van der Waals surface area contributed by atoms with Gasteiger partial charge in [0.2, 0.25) is 0 Å². The van der Waals surface area contributed by atoms with E-state index in [1.54, 1.807) is 0 Å². The third kappa shape index (κ3) is 0.790. The van der Waals surface area contributed by atoms with E-state index < -0.39 is 11.0 Å². The van der Waals surface area contributed by atoms with Gasteiger partial charge in [-0.2, -0.15) is 0 Å². The van der Waals surface area contributed by atoms with E-state index >= 15 is 0 Å². The molecule has 0 unspecified atom stereocenters. The number of hydrogen-bond donors (Lipinski definition) is 0. The zero-order valence-corrected chi connectivity index (χ0v) is 6.98. The van der Waals surface area contributed by atoms with Crippen LogP contribution < -0.4 is 11.0 Å². The molecule has 0 radical (unpaired) electrons. The van der Waals surface area contributed by atoms with Crippen molar-refractivity contribution in [2.75, 3.05) is 0 Å². The summed E-state index contributed by atoms with van der Waals surface area (Å²) < 4.78 is 0. The molecule has 12 heavy (non-hydrogen) atoms. The molecule has 0 fully saturated rings. The van der Waals surface area contributed by atoms with Gasteiger partial charge in [-0.15, -0.1) is 0 Å². The first-order chi connectivity index (χ1) is 5.61. The topological polar surface area (TPSA) is 59.9 Å². The number of halogens is 2. The predicted octanol–water partition coefficient (Wildman–Crippen LogP) is 0.484. The molecule has 0 aromatic carbocycles. The molecule has 0 N–H and O–H groups in total. The van der Waals surface area contributed by atoms with Crippen LogP contribution in [-0.4, -0.2) is 9.97 Å². The van der Waals surface area contributed by atoms with E-state index in [-0.39, 0.29) is 21.6 Å². The molecule has 2 heterocycles. The minimum Gasteiger partial charge on any atom is -0.281 e. The van der Waals surface area contributed by atoms with Gasteiger partial charge in [0.15, 0.2) is 5.15 Å². The smallest absolute Gasteiger partial charge is 0.281 e. The highest BCUT2D eigenvalue weighted by Gasteiger charge is 2.23. The minimum absolute atomic E-state index is 0.00580. The monoisotopic (exact) mass is 202 g/mol. The van der Waals surface area contributed by atoms with Gasteiger partial charge in [-0.3, -0.25) is 9.59 Å². The highest BCUT2D eigenvalue weighted by atomic mass is 35.5. The molecular weight excluding hydrogens is 203 g/mol. The maximum absolute atomic E-state index is 10.9. The maximum Gasteiger partial charge on any atom is 0.320 e. The van der Waals surface area contributed by atoms with Gasteiger partial charge in [-0.05, 0) is 0 Å². The lowest BCUT2D eigenvalue weighted by atomic mass is 10.4. The van der Waals surface area contributed by atoms with E-state index in [0.717, 1.165) is 0 Å². The number of rotatable bonds is 0. The van der Waals surface area contributed by atoms with Crippen LogP contribution in [0.3, 0.4) is 0 Å². The number of hydrogen-bond acceptors (Lipinski definition) is 4. The average molecular weight is 203 g/mol. The summed E-state index contributed by atoms with van der Waals surface area (Å²) in [6, 6.07) is 0. The van der Waals surface area contributed by atoms with Crippen LogP contribution in [0.4, 0.5) is 0 Å². The SMILES string of the molecule is O=c1nc2c(Cl)c(Cl)nc-2c1=O. The second kappa shape index (κ2) is 2.24. The van der Waals surface area contributed by atoms with E-state index in [0.29, 0.717) is 0 Å². The standard InChI is InChI=1S/C6Cl2N2O2/c7-1-2-3(9-5(1)8)4(11)6(12)10-2. The molecule has 0 bridgehead atoms. The highest BCUT2D eigenvalue weighted by molar-refractivity contribution is 6.43. The molecule has 6 heteroatoms. The fourth-order valence-electron chi connectivity index (χ4n) is 0.916. The molecule has 0 atom stereocenters. The Hall–Kier alpha value is -1.00. The Morgan fingerprint density at radius 2 is 1.67 bits per heavy atom. The van der Waals surface area contributed by atoms with Gasteiger partial charge in [0.05, 0.1) is 0 Å². The summed E-state index contributed by atoms with van der Waals surface area (Å²) >= 11 is 11.1. The lowest BCUT2D eigenvalue weighted by molar-refractivity contribution is 1.30.